The predicted octanol–water partition coefficient (Wildman–Crippen LogP) is -2.10. The van der Waals surface area contributed by atoms with Gasteiger partial charge in [-0.15, -0.1) is 0 Å². The Balaban J connectivity index is 2.44. The van der Waals surface area contributed by atoms with Crippen molar-refractivity contribution >= 4 is 21.8 Å². The van der Waals surface area contributed by atoms with Crippen LogP contribution in [0.5, 0.6) is 0 Å². The molecule has 1 aliphatic heterocycles. The summed E-state index contributed by atoms with van der Waals surface area (Å²) in [5.74, 6) is -5.58. The third-order valence-electron chi connectivity index (χ3n) is 3.09. The zero-order valence-electron chi connectivity index (χ0n) is 7.45. The lowest BCUT2D eigenvalue weighted by atomic mass is 9.96. The Morgan fingerprint density at radius 1 is 1.33 bits per heavy atom. The van der Waals surface area contributed by atoms with E-state index in [-0.39, 0.29) is 0 Å². The highest BCUT2D eigenvalue weighted by Crippen LogP contribution is 2.56. The van der Waals surface area contributed by atoms with Crippen LogP contribution >= 0.6 is 0 Å². The molecule has 1 saturated heterocycles. The molecule has 2 rings (SSSR count). The van der Waals surface area contributed by atoms with Gasteiger partial charge in [0.2, 0.25) is 0 Å². The van der Waals surface area contributed by atoms with Gasteiger partial charge in [-0.1, -0.05) is 0 Å². The first kappa shape index (κ1) is 10.4. The molecule has 1 aliphatic carbocycles. The van der Waals surface area contributed by atoms with Crippen LogP contribution in [0.25, 0.3) is 0 Å². The quantitative estimate of drug-likeness (QED) is 0.498. The van der Waals surface area contributed by atoms with Crippen molar-refractivity contribution in [1.82, 2.24) is 0 Å². The van der Waals surface area contributed by atoms with E-state index >= 15 is 0 Å². The van der Waals surface area contributed by atoms with E-state index in [0.717, 1.165) is 0 Å². The van der Waals surface area contributed by atoms with E-state index in [1.54, 1.807) is 0 Å². The van der Waals surface area contributed by atoms with E-state index in [9.17, 15) is 18.0 Å². The Labute approximate surface area is 84.8 Å². The van der Waals surface area contributed by atoms with Crippen molar-refractivity contribution < 1.29 is 28.2 Å². The maximum absolute atomic E-state index is 11.4. The molecule has 4 N–H and O–H groups in total. The van der Waals surface area contributed by atoms with Crippen molar-refractivity contribution in [3.05, 3.63) is 0 Å². The highest BCUT2D eigenvalue weighted by molar-refractivity contribution is 7.92. The van der Waals surface area contributed by atoms with Crippen LogP contribution in [0.2, 0.25) is 0 Å². The van der Waals surface area contributed by atoms with Crippen molar-refractivity contribution in [1.29, 1.82) is 0 Å². The zero-order valence-corrected chi connectivity index (χ0v) is 8.27. The molecule has 15 heavy (non-hydrogen) atoms. The topological polar surface area (TPSA) is 135 Å². The second-order valence-electron chi connectivity index (χ2n) is 4.01. The second kappa shape index (κ2) is 2.50. The first-order valence-electron chi connectivity index (χ1n) is 4.18. The molecule has 1 saturated carbocycles. The van der Waals surface area contributed by atoms with E-state index in [0.29, 0.717) is 0 Å². The molecule has 7 nitrogen and oxygen atoms in total. The summed E-state index contributed by atoms with van der Waals surface area (Å²) in [5.41, 5.74) is 3.51. The molecule has 0 aromatic heterocycles. The van der Waals surface area contributed by atoms with Crippen LogP contribution < -0.4 is 5.73 Å². The number of carbonyl (C=O) groups is 2. The van der Waals surface area contributed by atoms with E-state index in [2.05, 4.69) is 0 Å². The Hall–Kier alpha value is -1.15. The van der Waals surface area contributed by atoms with Gasteiger partial charge in [-0.25, -0.2) is 8.42 Å². The molecular weight excluding hydrogens is 226 g/mol. The van der Waals surface area contributed by atoms with Gasteiger partial charge in [-0.3, -0.25) is 9.59 Å². The van der Waals surface area contributed by atoms with Gasteiger partial charge in [-0.2, -0.15) is 0 Å². The van der Waals surface area contributed by atoms with Gasteiger partial charge in [0.1, 0.15) is 5.54 Å². The van der Waals surface area contributed by atoms with Crippen LogP contribution in [0.3, 0.4) is 0 Å². The number of hydrogen-bond acceptors (Lipinski definition) is 5. The molecule has 0 unspecified atom stereocenters. The number of hydrogen-bond donors (Lipinski definition) is 3. The summed E-state index contributed by atoms with van der Waals surface area (Å²) in [6.07, 6.45) is 0. The largest absolute Gasteiger partial charge is 0.481 e. The first-order valence-corrected chi connectivity index (χ1v) is 5.90. The maximum Gasteiger partial charge on any atom is 0.325 e. The summed E-state index contributed by atoms with van der Waals surface area (Å²) >= 11 is 0. The fraction of sp³-hybridized carbons (Fsp3) is 0.714. The van der Waals surface area contributed by atoms with Gasteiger partial charge in [0, 0.05) is 5.92 Å². The van der Waals surface area contributed by atoms with Crippen LogP contribution in [-0.4, -0.2) is 47.1 Å². The normalized spacial score (nSPS) is 45.8. The minimum absolute atomic E-state index is 0.672. The van der Waals surface area contributed by atoms with E-state index in [1.807, 2.05) is 0 Å². The van der Waals surface area contributed by atoms with Crippen molar-refractivity contribution in [2.45, 2.75) is 10.8 Å². The molecule has 0 amide bonds. The van der Waals surface area contributed by atoms with Crippen molar-refractivity contribution in [2.24, 2.45) is 17.6 Å². The van der Waals surface area contributed by atoms with Gasteiger partial charge in [-0.05, 0) is 0 Å². The molecule has 84 valence electrons. The molecule has 0 bridgehead atoms. The number of aliphatic carboxylic acids is 2. The summed E-state index contributed by atoms with van der Waals surface area (Å²) in [7, 11) is -3.68. The van der Waals surface area contributed by atoms with Gasteiger partial charge >= 0.3 is 11.9 Å². The summed E-state index contributed by atoms with van der Waals surface area (Å²) in [6.45, 7) is 0. The number of carboxylic acid groups (broad SMARTS) is 2. The minimum atomic E-state index is -3.68. The molecule has 0 radical (unpaired) electrons. The molecule has 0 spiro atoms. The van der Waals surface area contributed by atoms with E-state index < -0.39 is 50.2 Å². The van der Waals surface area contributed by atoms with Crippen LogP contribution in [0.1, 0.15) is 0 Å². The molecule has 1 heterocycles. The number of carboxylic acids is 2. The zero-order chi connectivity index (χ0) is 11.6. The molecule has 0 aromatic rings. The van der Waals surface area contributed by atoms with Crippen molar-refractivity contribution in [3.63, 3.8) is 0 Å². The number of sulfone groups is 1. The highest BCUT2D eigenvalue weighted by atomic mass is 32.2. The average Bonchev–Trinajstić information content (AvgIpc) is 2.72. The second-order valence-corrected chi connectivity index (χ2v) is 6.17. The number of rotatable bonds is 2. The van der Waals surface area contributed by atoms with Crippen LogP contribution in [-0.2, 0) is 19.4 Å². The Bertz CT molecular complexity index is 456. The monoisotopic (exact) mass is 235 g/mol. The third-order valence-corrected chi connectivity index (χ3v) is 5.38. The average molecular weight is 235 g/mol. The van der Waals surface area contributed by atoms with E-state index in [1.165, 1.54) is 0 Å². The molecule has 2 aliphatic rings. The van der Waals surface area contributed by atoms with Gasteiger partial charge in [0.15, 0.2) is 9.84 Å². The van der Waals surface area contributed by atoms with Crippen LogP contribution in [0.15, 0.2) is 0 Å². The molecule has 2 fully saturated rings. The fourth-order valence-electron chi connectivity index (χ4n) is 2.37. The van der Waals surface area contributed by atoms with E-state index in [4.69, 9.17) is 15.9 Å². The van der Waals surface area contributed by atoms with Gasteiger partial charge in [0.05, 0.1) is 16.9 Å². The number of nitrogens with two attached hydrogens (primary N) is 1. The molecule has 8 heteroatoms. The summed E-state index contributed by atoms with van der Waals surface area (Å²) in [4.78, 5) is 21.5. The number of fused-ring (bicyclic) bond motifs is 1. The lowest BCUT2D eigenvalue weighted by molar-refractivity contribution is -0.144. The van der Waals surface area contributed by atoms with Crippen LogP contribution in [0, 0.1) is 11.8 Å². The van der Waals surface area contributed by atoms with Gasteiger partial charge in [0.25, 0.3) is 0 Å². The standard InChI is InChI=1S/C7H9NO6S/c8-7(6(11)12)1-15(13,14)4-2(3(4)7)5(9)10/h2-4H,1,8H2,(H,9,10)(H,11,12)/t2-,3+,4-,7-/m1/s1. The lowest BCUT2D eigenvalue weighted by Crippen LogP contribution is -2.53. The molecular formula is C7H9NO6S. The summed E-state index contributed by atoms with van der Waals surface area (Å²) in [5, 5.41) is 16.4. The maximum atomic E-state index is 11.4. The molecule has 0 aromatic carbocycles. The SMILES string of the molecule is N[C@]1(C(=O)O)CS(=O)(=O)[C@@H]2[C@H](C(=O)O)[C@@H]21. The minimum Gasteiger partial charge on any atom is -0.481 e. The third kappa shape index (κ3) is 1.11. The summed E-state index contributed by atoms with van der Waals surface area (Å²) < 4.78 is 22.9. The Morgan fingerprint density at radius 2 is 1.87 bits per heavy atom. The van der Waals surface area contributed by atoms with Gasteiger partial charge < -0.3 is 15.9 Å². The highest BCUT2D eigenvalue weighted by Gasteiger charge is 2.77. The predicted molar refractivity (Wildman–Crippen MR) is 46.7 cm³/mol. The fourth-order valence-corrected chi connectivity index (χ4v) is 5.04. The van der Waals surface area contributed by atoms with Crippen molar-refractivity contribution in [3.8, 4) is 0 Å². The Morgan fingerprint density at radius 3 is 2.20 bits per heavy atom. The van der Waals surface area contributed by atoms with Crippen molar-refractivity contribution in [2.75, 3.05) is 5.75 Å². The summed E-state index contributed by atoms with van der Waals surface area (Å²) in [6, 6.07) is 0. The first-order chi connectivity index (χ1) is 6.72. The smallest absolute Gasteiger partial charge is 0.325 e. The Kier molecular flexibility index (Phi) is 1.73. The lowest BCUT2D eigenvalue weighted by Gasteiger charge is -2.19. The molecule has 4 atom stereocenters. The van der Waals surface area contributed by atoms with Crippen LogP contribution in [0.4, 0.5) is 0 Å².